The van der Waals surface area contributed by atoms with Gasteiger partial charge >= 0.3 is 6.09 Å². The van der Waals surface area contributed by atoms with Crippen molar-refractivity contribution >= 4 is 12.0 Å². The molecule has 3 aliphatic rings. The molecule has 6 heteroatoms. The van der Waals surface area contributed by atoms with Gasteiger partial charge in [-0.15, -0.1) is 0 Å². The first kappa shape index (κ1) is 17.9. The number of nitrogens with one attached hydrogen (secondary N) is 1. The fraction of sp³-hybridized carbons (Fsp3) is 0.304. The second kappa shape index (κ2) is 7.37. The summed E-state index contributed by atoms with van der Waals surface area (Å²) in [5.41, 5.74) is 4.73. The van der Waals surface area contributed by atoms with E-state index in [0.717, 1.165) is 6.42 Å². The van der Waals surface area contributed by atoms with Crippen LogP contribution in [0.15, 0.2) is 60.7 Å². The van der Waals surface area contributed by atoms with E-state index in [0.29, 0.717) is 0 Å². The predicted octanol–water partition coefficient (Wildman–Crippen LogP) is 3.39. The zero-order chi connectivity index (χ0) is 19.8. The molecule has 2 atom stereocenters. The molecule has 1 aliphatic heterocycles. The second-order valence-corrected chi connectivity index (χ2v) is 7.55. The Labute approximate surface area is 169 Å². The monoisotopic (exact) mass is 390 g/mol. The predicted molar refractivity (Wildman–Crippen MR) is 107 cm³/mol. The molecule has 1 fully saturated rings. The number of hydroxylamine groups is 2. The lowest BCUT2D eigenvalue weighted by molar-refractivity contribution is -0.182. The number of nitrogens with zero attached hydrogens (tertiary/aromatic N) is 1. The summed E-state index contributed by atoms with van der Waals surface area (Å²) in [5.74, 6) is -0.101. The number of amides is 2. The SMILES string of the molecule is O=C(NCCC(=O)N1O[C@@H]2C=C[C@H]1C2)OCC1c2ccccc2-c2ccccc21. The first-order valence-corrected chi connectivity index (χ1v) is 9.97. The molecule has 2 amide bonds. The molecule has 0 radical (unpaired) electrons. The molecule has 29 heavy (non-hydrogen) atoms. The van der Waals surface area contributed by atoms with Gasteiger partial charge in [0.2, 0.25) is 5.91 Å². The zero-order valence-corrected chi connectivity index (χ0v) is 15.9. The molecular formula is C23H22N2O4. The third-order valence-corrected chi connectivity index (χ3v) is 5.77. The van der Waals surface area contributed by atoms with E-state index in [1.807, 2.05) is 36.4 Å². The van der Waals surface area contributed by atoms with Crippen molar-refractivity contribution in [3.8, 4) is 11.1 Å². The van der Waals surface area contributed by atoms with E-state index in [9.17, 15) is 9.59 Å². The average molecular weight is 390 g/mol. The molecule has 0 saturated carbocycles. The summed E-state index contributed by atoms with van der Waals surface area (Å²) in [6.45, 7) is 0.480. The molecule has 2 bridgehead atoms. The van der Waals surface area contributed by atoms with Gasteiger partial charge in [0.1, 0.15) is 12.7 Å². The van der Waals surface area contributed by atoms with Crippen molar-refractivity contribution in [2.45, 2.75) is 30.9 Å². The second-order valence-electron chi connectivity index (χ2n) is 7.55. The van der Waals surface area contributed by atoms with Crippen molar-refractivity contribution in [2.75, 3.05) is 13.2 Å². The Morgan fingerprint density at radius 3 is 2.34 bits per heavy atom. The number of carbonyl (C=O) groups is 2. The Hall–Kier alpha value is -3.12. The summed E-state index contributed by atoms with van der Waals surface area (Å²) in [5, 5.41) is 4.09. The minimum Gasteiger partial charge on any atom is -0.449 e. The Balaban J connectivity index is 1.14. The normalized spacial score (nSPS) is 21.2. The molecule has 0 aromatic heterocycles. The van der Waals surface area contributed by atoms with Crippen LogP contribution in [-0.2, 0) is 14.4 Å². The van der Waals surface area contributed by atoms with Gasteiger partial charge in [-0.05, 0) is 22.3 Å². The molecule has 2 aromatic carbocycles. The topological polar surface area (TPSA) is 67.9 Å². The third kappa shape index (κ3) is 3.29. The van der Waals surface area contributed by atoms with Crippen molar-refractivity contribution in [3.05, 3.63) is 71.8 Å². The molecule has 2 aliphatic carbocycles. The highest BCUT2D eigenvalue weighted by molar-refractivity contribution is 5.79. The van der Waals surface area contributed by atoms with Crippen molar-refractivity contribution < 1.29 is 19.2 Å². The van der Waals surface area contributed by atoms with Gasteiger partial charge in [0, 0.05) is 25.3 Å². The highest BCUT2D eigenvalue weighted by atomic mass is 16.7. The van der Waals surface area contributed by atoms with Crippen molar-refractivity contribution in [1.82, 2.24) is 10.4 Å². The largest absolute Gasteiger partial charge is 0.449 e. The summed E-state index contributed by atoms with van der Waals surface area (Å²) in [6, 6.07) is 16.4. The van der Waals surface area contributed by atoms with E-state index >= 15 is 0 Å². The number of rotatable bonds is 5. The molecule has 6 nitrogen and oxygen atoms in total. The number of hydrogen-bond donors (Lipinski definition) is 1. The zero-order valence-electron chi connectivity index (χ0n) is 15.9. The van der Waals surface area contributed by atoms with E-state index in [-0.39, 0.29) is 43.5 Å². The third-order valence-electron chi connectivity index (χ3n) is 5.77. The number of alkyl carbamates (subject to hydrolysis) is 1. The van der Waals surface area contributed by atoms with Crippen LogP contribution >= 0.6 is 0 Å². The van der Waals surface area contributed by atoms with Crippen LogP contribution < -0.4 is 5.32 Å². The van der Waals surface area contributed by atoms with Crippen LogP contribution in [0, 0.1) is 0 Å². The van der Waals surface area contributed by atoms with Gasteiger partial charge in [0.05, 0.1) is 6.04 Å². The first-order chi connectivity index (χ1) is 14.2. The number of carbonyl (C=O) groups excluding carboxylic acids is 2. The van der Waals surface area contributed by atoms with Gasteiger partial charge in [-0.1, -0.05) is 60.7 Å². The molecule has 0 unspecified atom stereocenters. The van der Waals surface area contributed by atoms with E-state index in [2.05, 4.69) is 29.6 Å². The summed E-state index contributed by atoms with van der Waals surface area (Å²) < 4.78 is 5.48. The van der Waals surface area contributed by atoms with Crippen LogP contribution in [0.5, 0.6) is 0 Å². The number of ether oxygens (including phenoxy) is 1. The highest BCUT2D eigenvalue weighted by Crippen LogP contribution is 2.44. The maximum Gasteiger partial charge on any atom is 0.407 e. The first-order valence-electron chi connectivity index (χ1n) is 9.97. The maximum atomic E-state index is 12.2. The lowest BCUT2D eigenvalue weighted by Gasteiger charge is -2.22. The van der Waals surface area contributed by atoms with Gasteiger partial charge in [-0.2, -0.15) is 0 Å². The van der Waals surface area contributed by atoms with Crippen LogP contribution in [0.25, 0.3) is 11.1 Å². The lowest BCUT2D eigenvalue weighted by Crippen LogP contribution is -2.37. The van der Waals surface area contributed by atoms with Crippen molar-refractivity contribution in [1.29, 1.82) is 0 Å². The molecule has 5 rings (SSSR count). The van der Waals surface area contributed by atoms with Gasteiger partial charge in [-0.3, -0.25) is 9.63 Å². The minimum atomic E-state index is -0.511. The van der Waals surface area contributed by atoms with E-state index in [1.165, 1.54) is 27.3 Å². The molecule has 0 spiro atoms. The van der Waals surface area contributed by atoms with Crippen LogP contribution in [0.3, 0.4) is 0 Å². The quantitative estimate of drug-likeness (QED) is 0.795. The number of fused-ring (bicyclic) bond motifs is 5. The Kier molecular flexibility index (Phi) is 4.56. The summed E-state index contributed by atoms with van der Waals surface area (Å²) >= 11 is 0. The molecule has 1 saturated heterocycles. The molecule has 1 N–H and O–H groups in total. The summed E-state index contributed by atoms with van der Waals surface area (Å²) in [6.07, 6.45) is 4.48. The van der Waals surface area contributed by atoms with Gasteiger partial charge in [-0.25, -0.2) is 9.86 Å². The van der Waals surface area contributed by atoms with Gasteiger partial charge in [0.15, 0.2) is 0 Å². The number of benzene rings is 2. The van der Waals surface area contributed by atoms with Crippen LogP contribution in [0.4, 0.5) is 4.79 Å². The minimum absolute atomic E-state index is 0.0130. The van der Waals surface area contributed by atoms with Gasteiger partial charge < -0.3 is 10.1 Å². The fourth-order valence-electron chi connectivity index (χ4n) is 4.40. The van der Waals surface area contributed by atoms with Gasteiger partial charge in [0.25, 0.3) is 0 Å². The Morgan fingerprint density at radius 1 is 1.03 bits per heavy atom. The van der Waals surface area contributed by atoms with E-state index in [4.69, 9.17) is 9.57 Å². The van der Waals surface area contributed by atoms with Crippen LogP contribution in [0.2, 0.25) is 0 Å². The van der Waals surface area contributed by atoms with Crippen molar-refractivity contribution in [2.24, 2.45) is 0 Å². The fourth-order valence-corrected chi connectivity index (χ4v) is 4.40. The van der Waals surface area contributed by atoms with Crippen molar-refractivity contribution in [3.63, 3.8) is 0 Å². The molecular weight excluding hydrogens is 368 g/mol. The summed E-state index contributed by atoms with van der Waals surface area (Å²) in [4.78, 5) is 29.9. The molecule has 1 heterocycles. The smallest absolute Gasteiger partial charge is 0.407 e. The average Bonchev–Trinajstić information content (AvgIpc) is 3.45. The van der Waals surface area contributed by atoms with Crippen LogP contribution in [0.1, 0.15) is 29.9 Å². The van der Waals surface area contributed by atoms with Crippen LogP contribution in [-0.4, -0.2) is 42.4 Å². The van der Waals surface area contributed by atoms with E-state index < -0.39 is 6.09 Å². The number of hydrogen-bond acceptors (Lipinski definition) is 4. The maximum absolute atomic E-state index is 12.2. The highest BCUT2D eigenvalue weighted by Gasteiger charge is 2.38. The summed E-state index contributed by atoms with van der Waals surface area (Å²) in [7, 11) is 0. The molecule has 2 aromatic rings. The molecule has 148 valence electrons. The Bertz CT molecular complexity index is 941. The standard InChI is InChI=1S/C23H22N2O4/c26-22(25-15-9-10-16(13-15)29-25)11-12-24-23(27)28-14-21-19-7-3-1-5-17(19)18-6-2-4-8-20(18)21/h1-10,15-16,21H,11-14H2,(H,24,27)/t15-,16+/m0/s1. The lowest BCUT2D eigenvalue weighted by atomic mass is 9.98. The Morgan fingerprint density at radius 2 is 1.72 bits per heavy atom. The van der Waals surface area contributed by atoms with E-state index in [1.54, 1.807) is 0 Å².